The van der Waals surface area contributed by atoms with Crippen molar-refractivity contribution < 1.29 is 17.9 Å². The van der Waals surface area contributed by atoms with E-state index in [0.717, 1.165) is 17.8 Å². The highest BCUT2D eigenvalue weighted by Crippen LogP contribution is 2.42. The van der Waals surface area contributed by atoms with Crippen LogP contribution in [-0.2, 0) is 14.8 Å². The molecule has 0 radical (unpaired) electrons. The number of urea groups is 1. The minimum atomic E-state index is -3.42. The molecule has 26 heavy (non-hydrogen) atoms. The third-order valence-corrected chi connectivity index (χ3v) is 8.31. The third-order valence-electron chi connectivity index (χ3n) is 5.00. The van der Waals surface area contributed by atoms with Crippen molar-refractivity contribution in [3.05, 3.63) is 5.01 Å². The first-order valence-corrected chi connectivity index (χ1v) is 11.3. The Kier molecular flexibility index (Phi) is 5.13. The van der Waals surface area contributed by atoms with Gasteiger partial charge < -0.3 is 9.64 Å². The number of hydrogen-bond acceptors (Lipinski definition) is 7. The molecule has 0 aromatic carbocycles. The lowest BCUT2D eigenvalue weighted by molar-refractivity contribution is 0.0721. The molecule has 11 heteroatoms. The lowest BCUT2D eigenvalue weighted by atomic mass is 10.1. The average molecular weight is 402 g/mol. The van der Waals surface area contributed by atoms with Gasteiger partial charge in [-0.3, -0.25) is 5.32 Å². The van der Waals surface area contributed by atoms with Gasteiger partial charge in [0.15, 0.2) is 0 Å². The van der Waals surface area contributed by atoms with E-state index < -0.39 is 15.3 Å². The van der Waals surface area contributed by atoms with E-state index in [0.29, 0.717) is 56.7 Å². The van der Waals surface area contributed by atoms with Gasteiger partial charge in [0.2, 0.25) is 15.2 Å². The monoisotopic (exact) mass is 401 g/mol. The molecule has 2 saturated heterocycles. The van der Waals surface area contributed by atoms with Gasteiger partial charge in [0.25, 0.3) is 0 Å². The summed E-state index contributed by atoms with van der Waals surface area (Å²) in [6, 6.07) is -0.301. The van der Waals surface area contributed by atoms with Gasteiger partial charge in [-0.2, -0.15) is 4.31 Å². The first kappa shape index (κ1) is 18.1. The number of nitrogens with one attached hydrogen (secondary N) is 1. The number of anilines is 1. The van der Waals surface area contributed by atoms with Crippen molar-refractivity contribution in [3.8, 4) is 0 Å². The summed E-state index contributed by atoms with van der Waals surface area (Å²) in [6.07, 6.45) is 3.52. The summed E-state index contributed by atoms with van der Waals surface area (Å²) in [7, 11) is -3.42. The molecule has 3 aliphatic rings. The second kappa shape index (κ2) is 7.37. The second-order valence-electron chi connectivity index (χ2n) is 6.92. The molecule has 144 valence electrons. The fraction of sp³-hybridized carbons (Fsp3) is 0.800. The van der Waals surface area contributed by atoms with Gasteiger partial charge in [-0.05, 0) is 25.7 Å². The van der Waals surface area contributed by atoms with Crippen molar-refractivity contribution in [2.24, 2.45) is 0 Å². The molecule has 1 aromatic heterocycles. The van der Waals surface area contributed by atoms with E-state index >= 15 is 0 Å². The van der Waals surface area contributed by atoms with E-state index in [2.05, 4.69) is 15.5 Å². The summed E-state index contributed by atoms with van der Waals surface area (Å²) < 4.78 is 32.4. The van der Waals surface area contributed by atoms with Crippen molar-refractivity contribution in [3.63, 3.8) is 0 Å². The Labute approximate surface area is 156 Å². The molecule has 1 atom stereocenters. The predicted octanol–water partition coefficient (Wildman–Crippen LogP) is 1.07. The zero-order valence-corrected chi connectivity index (χ0v) is 16.1. The van der Waals surface area contributed by atoms with Crippen LogP contribution in [0.15, 0.2) is 0 Å². The number of ether oxygens (including phenoxy) is 1. The summed E-state index contributed by atoms with van der Waals surface area (Å²) in [5.74, 6) is 0.496. The number of rotatable bonds is 4. The van der Waals surface area contributed by atoms with Crippen LogP contribution < -0.4 is 5.32 Å². The molecule has 2 aliphatic heterocycles. The number of carbonyl (C=O) groups excluding carboxylic acids is 1. The fourth-order valence-corrected chi connectivity index (χ4v) is 6.14. The van der Waals surface area contributed by atoms with Crippen molar-refractivity contribution in [1.29, 1.82) is 0 Å². The molecular formula is C15H23N5O4S2. The number of sulfonamides is 1. The SMILES string of the molecule is O=C(Nc1nnc(C2CC2)s1)N1CCC[C@H](S(=O)(=O)N2CCOCC2)C1. The van der Waals surface area contributed by atoms with E-state index in [1.807, 2.05) is 0 Å². The van der Waals surface area contributed by atoms with Crippen molar-refractivity contribution in [2.75, 3.05) is 44.7 Å². The Hall–Kier alpha value is -1.30. The van der Waals surface area contributed by atoms with Crippen LogP contribution in [0.25, 0.3) is 0 Å². The van der Waals surface area contributed by atoms with Crippen LogP contribution in [0, 0.1) is 0 Å². The van der Waals surface area contributed by atoms with Crippen LogP contribution >= 0.6 is 11.3 Å². The first-order chi connectivity index (χ1) is 12.5. The maximum Gasteiger partial charge on any atom is 0.323 e. The molecule has 1 N–H and O–H groups in total. The van der Waals surface area contributed by atoms with Crippen LogP contribution in [0.3, 0.4) is 0 Å². The third kappa shape index (κ3) is 3.85. The minimum absolute atomic E-state index is 0.208. The smallest absolute Gasteiger partial charge is 0.323 e. The zero-order valence-electron chi connectivity index (χ0n) is 14.5. The summed E-state index contributed by atoms with van der Waals surface area (Å²) >= 11 is 1.40. The standard InChI is InChI=1S/C15H23N5O4S2/c21-15(16-14-18-17-13(25-14)11-3-4-11)19-5-1-2-12(10-19)26(22,23)20-6-8-24-9-7-20/h11-12H,1-10H2,(H,16,18,21)/t12-/m0/s1. The fourth-order valence-electron chi connectivity index (χ4n) is 3.33. The average Bonchev–Trinajstić information content (AvgIpc) is 3.42. The minimum Gasteiger partial charge on any atom is -0.379 e. The first-order valence-electron chi connectivity index (χ1n) is 9.00. The molecule has 3 fully saturated rings. The largest absolute Gasteiger partial charge is 0.379 e. The molecular weight excluding hydrogens is 378 g/mol. The highest BCUT2D eigenvalue weighted by Gasteiger charge is 2.37. The summed E-state index contributed by atoms with van der Waals surface area (Å²) in [5, 5.41) is 11.8. The van der Waals surface area contributed by atoms with E-state index in [-0.39, 0.29) is 12.6 Å². The maximum atomic E-state index is 12.8. The number of amides is 2. The lowest BCUT2D eigenvalue weighted by Gasteiger charge is -2.36. The molecule has 0 unspecified atom stereocenters. The van der Waals surface area contributed by atoms with Crippen LogP contribution in [0.4, 0.5) is 9.93 Å². The molecule has 2 amide bonds. The number of likely N-dealkylation sites (tertiary alicyclic amines) is 1. The van der Waals surface area contributed by atoms with Gasteiger partial charge in [0, 0.05) is 32.1 Å². The van der Waals surface area contributed by atoms with Crippen molar-refractivity contribution >= 4 is 32.5 Å². The molecule has 4 rings (SSSR count). The normalized spacial score (nSPS) is 25.2. The van der Waals surface area contributed by atoms with Crippen LogP contribution in [0.2, 0.25) is 0 Å². The summed E-state index contributed by atoms with van der Waals surface area (Å²) in [4.78, 5) is 14.1. The number of morpholine rings is 1. The van der Waals surface area contributed by atoms with Gasteiger partial charge in [-0.1, -0.05) is 11.3 Å². The number of piperidine rings is 1. The summed E-state index contributed by atoms with van der Waals surface area (Å²) in [5.41, 5.74) is 0. The summed E-state index contributed by atoms with van der Waals surface area (Å²) in [6.45, 7) is 2.39. The molecule has 1 saturated carbocycles. The number of aromatic nitrogens is 2. The Morgan fingerprint density at radius 2 is 1.92 bits per heavy atom. The highest BCUT2D eigenvalue weighted by molar-refractivity contribution is 7.89. The topological polar surface area (TPSA) is 105 Å². The number of nitrogens with zero attached hydrogens (tertiary/aromatic N) is 4. The molecule has 1 aliphatic carbocycles. The van der Waals surface area contributed by atoms with Crippen LogP contribution in [0.5, 0.6) is 0 Å². The number of hydrogen-bond donors (Lipinski definition) is 1. The van der Waals surface area contributed by atoms with Gasteiger partial charge >= 0.3 is 6.03 Å². The number of carbonyl (C=O) groups is 1. The van der Waals surface area contributed by atoms with Gasteiger partial charge in [-0.25, -0.2) is 13.2 Å². The Bertz CT molecular complexity index is 758. The van der Waals surface area contributed by atoms with Gasteiger partial charge in [0.1, 0.15) is 5.01 Å². The molecule has 9 nitrogen and oxygen atoms in total. The maximum absolute atomic E-state index is 12.8. The van der Waals surface area contributed by atoms with Gasteiger partial charge in [0.05, 0.1) is 18.5 Å². The molecule has 3 heterocycles. The van der Waals surface area contributed by atoms with Gasteiger partial charge in [-0.15, -0.1) is 10.2 Å². The Balaban J connectivity index is 1.38. The molecule has 0 bridgehead atoms. The Morgan fingerprint density at radius 1 is 1.15 bits per heavy atom. The lowest BCUT2D eigenvalue weighted by Crippen LogP contribution is -2.52. The zero-order chi connectivity index (χ0) is 18.1. The van der Waals surface area contributed by atoms with E-state index in [9.17, 15) is 13.2 Å². The predicted molar refractivity (Wildman–Crippen MR) is 96.8 cm³/mol. The van der Waals surface area contributed by atoms with Crippen LogP contribution in [-0.4, -0.2) is 78.5 Å². The Morgan fingerprint density at radius 3 is 2.65 bits per heavy atom. The van der Waals surface area contributed by atoms with E-state index in [4.69, 9.17) is 4.74 Å². The van der Waals surface area contributed by atoms with Crippen LogP contribution in [0.1, 0.15) is 36.6 Å². The quantitative estimate of drug-likeness (QED) is 0.809. The van der Waals surface area contributed by atoms with E-state index in [1.54, 1.807) is 4.90 Å². The molecule has 1 aromatic rings. The molecule has 0 spiro atoms. The highest BCUT2D eigenvalue weighted by atomic mass is 32.2. The van der Waals surface area contributed by atoms with Crippen molar-refractivity contribution in [1.82, 2.24) is 19.4 Å². The van der Waals surface area contributed by atoms with Crippen molar-refractivity contribution in [2.45, 2.75) is 36.9 Å². The second-order valence-corrected chi connectivity index (χ2v) is 10.1. The van der Waals surface area contributed by atoms with E-state index in [1.165, 1.54) is 15.6 Å².